The largest absolute Gasteiger partial charge is 0.423 e. The molecular weight excluding hydrogens is 230 g/mol. The first kappa shape index (κ1) is 12.7. The summed E-state index contributed by atoms with van der Waals surface area (Å²) in [5.74, 6) is 0. The van der Waals surface area contributed by atoms with Crippen molar-refractivity contribution in [2.75, 3.05) is 31.3 Å². The van der Waals surface area contributed by atoms with Crippen LogP contribution in [0, 0.1) is 0 Å². The SMILES string of the molecule is COCCCCCNc1nc2c(N)cccc2o1. The third-order valence-electron chi connectivity index (χ3n) is 2.75. The molecule has 0 saturated heterocycles. The van der Waals surface area contributed by atoms with Gasteiger partial charge in [0, 0.05) is 20.3 Å². The molecule has 0 aliphatic carbocycles. The van der Waals surface area contributed by atoms with Crippen LogP contribution in [0.25, 0.3) is 11.1 Å². The van der Waals surface area contributed by atoms with Crippen molar-refractivity contribution in [2.45, 2.75) is 19.3 Å². The number of methoxy groups -OCH3 is 1. The quantitative estimate of drug-likeness (QED) is 0.583. The summed E-state index contributed by atoms with van der Waals surface area (Å²) < 4.78 is 10.5. The van der Waals surface area contributed by atoms with Crippen LogP contribution in [0.1, 0.15) is 19.3 Å². The first-order valence-electron chi connectivity index (χ1n) is 6.19. The monoisotopic (exact) mass is 249 g/mol. The molecule has 0 spiro atoms. The lowest BCUT2D eigenvalue weighted by molar-refractivity contribution is 0.192. The van der Waals surface area contributed by atoms with Crippen LogP contribution < -0.4 is 11.1 Å². The van der Waals surface area contributed by atoms with E-state index >= 15 is 0 Å². The molecule has 1 aromatic carbocycles. The van der Waals surface area contributed by atoms with Gasteiger partial charge in [-0.25, -0.2) is 0 Å². The number of nitrogens with one attached hydrogen (secondary N) is 1. The Morgan fingerprint density at radius 2 is 2.22 bits per heavy atom. The maximum atomic E-state index is 5.82. The fourth-order valence-electron chi connectivity index (χ4n) is 1.79. The number of hydrogen-bond donors (Lipinski definition) is 2. The molecule has 2 rings (SSSR count). The fourth-order valence-corrected chi connectivity index (χ4v) is 1.79. The Balaban J connectivity index is 1.83. The number of aromatic nitrogens is 1. The Hall–Kier alpha value is -1.75. The van der Waals surface area contributed by atoms with Gasteiger partial charge in [-0.15, -0.1) is 0 Å². The molecule has 0 unspecified atom stereocenters. The minimum atomic E-state index is 0.537. The molecule has 0 bridgehead atoms. The van der Waals surface area contributed by atoms with E-state index in [1.807, 2.05) is 18.2 Å². The zero-order valence-corrected chi connectivity index (χ0v) is 10.6. The molecule has 0 atom stereocenters. The van der Waals surface area contributed by atoms with Crippen LogP contribution in [-0.2, 0) is 4.74 Å². The number of fused-ring (bicyclic) bond motifs is 1. The summed E-state index contributed by atoms with van der Waals surface area (Å²) in [5, 5.41) is 3.16. The van der Waals surface area contributed by atoms with Crippen LogP contribution in [0.15, 0.2) is 22.6 Å². The Morgan fingerprint density at radius 1 is 1.33 bits per heavy atom. The zero-order chi connectivity index (χ0) is 12.8. The summed E-state index contributed by atoms with van der Waals surface area (Å²) in [5.41, 5.74) is 7.90. The highest BCUT2D eigenvalue weighted by atomic mass is 16.5. The van der Waals surface area contributed by atoms with Gasteiger partial charge < -0.3 is 20.2 Å². The number of nitrogens with two attached hydrogens (primary N) is 1. The van der Waals surface area contributed by atoms with E-state index in [4.69, 9.17) is 14.9 Å². The van der Waals surface area contributed by atoms with Crippen molar-refractivity contribution < 1.29 is 9.15 Å². The van der Waals surface area contributed by atoms with E-state index in [0.29, 0.717) is 11.7 Å². The number of oxazole rings is 1. The molecule has 0 radical (unpaired) electrons. The number of anilines is 2. The number of hydrogen-bond acceptors (Lipinski definition) is 5. The Kier molecular flexibility index (Phi) is 4.41. The molecular formula is C13H19N3O2. The van der Waals surface area contributed by atoms with Gasteiger partial charge in [-0.3, -0.25) is 0 Å². The molecule has 0 amide bonds. The van der Waals surface area contributed by atoms with Crippen molar-refractivity contribution in [3.63, 3.8) is 0 Å². The molecule has 0 saturated carbocycles. The average Bonchev–Trinajstić information content (AvgIpc) is 2.78. The normalized spacial score (nSPS) is 10.9. The lowest BCUT2D eigenvalue weighted by atomic mass is 10.2. The predicted octanol–water partition coefficient (Wildman–Crippen LogP) is 2.64. The van der Waals surface area contributed by atoms with Crippen LogP contribution in [-0.4, -0.2) is 25.2 Å². The van der Waals surface area contributed by atoms with Gasteiger partial charge >= 0.3 is 0 Å². The molecule has 2 aromatic rings. The van der Waals surface area contributed by atoms with Crippen molar-refractivity contribution in [1.82, 2.24) is 4.98 Å². The van der Waals surface area contributed by atoms with Gasteiger partial charge in [0.25, 0.3) is 6.01 Å². The maximum Gasteiger partial charge on any atom is 0.295 e. The third-order valence-corrected chi connectivity index (χ3v) is 2.75. The van der Waals surface area contributed by atoms with Gasteiger partial charge in [-0.1, -0.05) is 6.07 Å². The summed E-state index contributed by atoms with van der Waals surface area (Å²) in [4.78, 5) is 4.32. The molecule has 0 aliphatic heterocycles. The second-order valence-corrected chi connectivity index (χ2v) is 4.19. The summed E-state index contributed by atoms with van der Waals surface area (Å²) in [7, 11) is 1.72. The van der Waals surface area contributed by atoms with E-state index in [9.17, 15) is 0 Å². The molecule has 1 aromatic heterocycles. The van der Waals surface area contributed by atoms with Crippen LogP contribution >= 0.6 is 0 Å². The third kappa shape index (κ3) is 3.13. The van der Waals surface area contributed by atoms with Gasteiger partial charge in [0.05, 0.1) is 5.69 Å². The number of unbranched alkanes of at least 4 members (excludes halogenated alkanes) is 2. The van der Waals surface area contributed by atoms with E-state index in [1.165, 1.54) is 0 Å². The van der Waals surface area contributed by atoms with E-state index in [1.54, 1.807) is 7.11 Å². The van der Waals surface area contributed by atoms with Crippen molar-refractivity contribution in [1.29, 1.82) is 0 Å². The molecule has 0 aliphatic rings. The van der Waals surface area contributed by atoms with E-state index in [-0.39, 0.29) is 0 Å². The predicted molar refractivity (Wildman–Crippen MR) is 72.6 cm³/mol. The van der Waals surface area contributed by atoms with Crippen molar-refractivity contribution in [3.05, 3.63) is 18.2 Å². The second kappa shape index (κ2) is 6.26. The highest BCUT2D eigenvalue weighted by molar-refractivity contribution is 5.86. The first-order chi connectivity index (χ1) is 8.81. The zero-order valence-electron chi connectivity index (χ0n) is 10.6. The second-order valence-electron chi connectivity index (χ2n) is 4.19. The Morgan fingerprint density at radius 3 is 3.00 bits per heavy atom. The number of nitrogen functional groups attached to an aromatic ring is 1. The Bertz CT molecular complexity index is 496. The van der Waals surface area contributed by atoms with Crippen LogP contribution in [0.4, 0.5) is 11.7 Å². The van der Waals surface area contributed by atoms with Gasteiger partial charge in [0.2, 0.25) is 0 Å². The van der Waals surface area contributed by atoms with E-state index in [2.05, 4.69) is 10.3 Å². The van der Waals surface area contributed by atoms with Gasteiger partial charge in [0.15, 0.2) is 5.58 Å². The number of ether oxygens (including phenoxy) is 1. The molecule has 0 fully saturated rings. The highest BCUT2D eigenvalue weighted by Gasteiger charge is 2.06. The van der Waals surface area contributed by atoms with Gasteiger partial charge in [-0.2, -0.15) is 4.98 Å². The topological polar surface area (TPSA) is 73.3 Å². The standard InChI is InChI=1S/C13H19N3O2/c1-17-9-4-2-3-8-15-13-16-12-10(14)6-5-7-11(12)18-13/h5-7H,2-4,8-9,14H2,1H3,(H,15,16). The fraction of sp³-hybridized carbons (Fsp3) is 0.462. The van der Waals surface area contributed by atoms with E-state index < -0.39 is 0 Å². The van der Waals surface area contributed by atoms with Crippen molar-refractivity contribution in [3.8, 4) is 0 Å². The number of rotatable bonds is 7. The molecule has 5 heteroatoms. The molecule has 5 nitrogen and oxygen atoms in total. The van der Waals surface area contributed by atoms with Gasteiger partial charge in [-0.05, 0) is 31.4 Å². The maximum absolute atomic E-state index is 5.82. The Labute approximate surface area is 106 Å². The van der Waals surface area contributed by atoms with Crippen LogP contribution in [0.2, 0.25) is 0 Å². The van der Waals surface area contributed by atoms with E-state index in [0.717, 1.165) is 43.5 Å². The van der Waals surface area contributed by atoms with Gasteiger partial charge in [0.1, 0.15) is 5.52 Å². The molecule has 18 heavy (non-hydrogen) atoms. The number of benzene rings is 1. The first-order valence-corrected chi connectivity index (χ1v) is 6.19. The number of nitrogens with zero attached hydrogens (tertiary/aromatic N) is 1. The molecule has 3 N–H and O–H groups in total. The average molecular weight is 249 g/mol. The summed E-state index contributed by atoms with van der Waals surface area (Å²) in [6.07, 6.45) is 3.28. The molecule has 98 valence electrons. The summed E-state index contributed by atoms with van der Waals surface area (Å²) in [6, 6.07) is 6.08. The molecule has 1 heterocycles. The van der Waals surface area contributed by atoms with Crippen LogP contribution in [0.3, 0.4) is 0 Å². The minimum absolute atomic E-state index is 0.537. The minimum Gasteiger partial charge on any atom is -0.423 e. The number of para-hydroxylation sites is 1. The highest BCUT2D eigenvalue weighted by Crippen LogP contribution is 2.23. The van der Waals surface area contributed by atoms with Crippen LogP contribution in [0.5, 0.6) is 0 Å². The summed E-state index contributed by atoms with van der Waals surface area (Å²) in [6.45, 7) is 1.66. The van der Waals surface area contributed by atoms with Crippen molar-refractivity contribution >= 4 is 22.8 Å². The van der Waals surface area contributed by atoms with Crippen molar-refractivity contribution in [2.24, 2.45) is 0 Å². The lowest BCUT2D eigenvalue weighted by Crippen LogP contribution is -2.02. The smallest absolute Gasteiger partial charge is 0.295 e. The lowest BCUT2D eigenvalue weighted by Gasteiger charge is -2.01. The summed E-state index contributed by atoms with van der Waals surface area (Å²) >= 11 is 0.